The molecule has 0 radical (unpaired) electrons. The van der Waals surface area contributed by atoms with Crippen molar-refractivity contribution in [3.8, 4) is 5.82 Å². The number of carbonyl (C=O) groups excluding carboxylic acids is 1. The fourth-order valence-corrected chi connectivity index (χ4v) is 2.87. The minimum Gasteiger partial charge on any atom is -0.321 e. The average Bonchev–Trinajstić information content (AvgIpc) is 2.98. The number of hydrogen-bond donors (Lipinski definition) is 2. The van der Waals surface area contributed by atoms with Crippen LogP contribution < -0.4 is 10.9 Å². The molecule has 0 atom stereocenters. The van der Waals surface area contributed by atoms with Crippen molar-refractivity contribution in [3.63, 3.8) is 0 Å². The lowest BCUT2D eigenvalue weighted by Crippen LogP contribution is -2.14. The average molecular weight is 377 g/mol. The highest BCUT2D eigenvalue weighted by molar-refractivity contribution is 7.99. The van der Waals surface area contributed by atoms with E-state index in [4.69, 9.17) is 0 Å². The molecule has 7 nitrogen and oxygen atoms in total. The maximum Gasteiger partial charge on any atom is 0.288 e. The highest BCUT2D eigenvalue weighted by Gasteiger charge is 2.18. The predicted octanol–water partition coefficient (Wildman–Crippen LogP) is 2.83. The Balaban J connectivity index is 1.86. The second-order valence-electron chi connectivity index (χ2n) is 5.16. The number of thioether (sulfide) groups is 1. The topological polar surface area (TPSA) is 92.7 Å². The fourth-order valence-electron chi connectivity index (χ4n) is 2.28. The molecule has 0 fully saturated rings. The van der Waals surface area contributed by atoms with Crippen LogP contribution >= 0.6 is 11.8 Å². The number of hydrogen-bond acceptors (Lipinski definition) is 5. The van der Waals surface area contributed by atoms with Gasteiger partial charge in [-0.2, -0.15) is 19.0 Å². The van der Waals surface area contributed by atoms with E-state index in [-0.39, 0.29) is 21.7 Å². The first-order valence-corrected chi connectivity index (χ1v) is 8.29. The van der Waals surface area contributed by atoms with Gasteiger partial charge in [-0.1, -0.05) is 23.9 Å². The third-order valence-electron chi connectivity index (χ3n) is 3.49. The standard InChI is InChI=1S/C16H13F2N5O2S/c1-9-10(8-19-23(9)13-6-7-14(24)22-21-13)15(25)20-11-4-2-3-5-12(11)26-16(17)18/h2-8,16H,1H3,(H,20,25)(H,22,24). The smallest absolute Gasteiger partial charge is 0.288 e. The second-order valence-corrected chi connectivity index (χ2v) is 6.20. The maximum atomic E-state index is 12.6. The number of aromatic nitrogens is 4. The number of alkyl halides is 2. The third kappa shape index (κ3) is 3.80. The molecule has 0 saturated carbocycles. The zero-order valence-electron chi connectivity index (χ0n) is 13.4. The van der Waals surface area contributed by atoms with Gasteiger partial charge >= 0.3 is 0 Å². The molecule has 26 heavy (non-hydrogen) atoms. The van der Waals surface area contributed by atoms with Crippen LogP contribution in [-0.2, 0) is 0 Å². The van der Waals surface area contributed by atoms with E-state index in [0.717, 1.165) is 0 Å². The molecule has 0 saturated heterocycles. The van der Waals surface area contributed by atoms with Gasteiger partial charge in [0.25, 0.3) is 17.2 Å². The molecule has 2 aromatic heterocycles. The van der Waals surface area contributed by atoms with Crippen LogP contribution in [0.3, 0.4) is 0 Å². The maximum absolute atomic E-state index is 12.6. The molecule has 0 aliphatic carbocycles. The number of H-pyrrole nitrogens is 1. The Hall–Kier alpha value is -3.01. The number of nitrogens with one attached hydrogen (secondary N) is 2. The number of aromatic amines is 1. The lowest BCUT2D eigenvalue weighted by atomic mass is 10.2. The summed E-state index contributed by atoms with van der Waals surface area (Å²) in [4.78, 5) is 23.9. The molecule has 2 N–H and O–H groups in total. The Morgan fingerprint density at radius 2 is 2.04 bits per heavy atom. The van der Waals surface area contributed by atoms with Crippen LogP contribution in [0.1, 0.15) is 16.1 Å². The van der Waals surface area contributed by atoms with Crippen molar-refractivity contribution in [3.05, 3.63) is 64.2 Å². The Kier molecular flexibility index (Phi) is 5.12. The van der Waals surface area contributed by atoms with Crippen molar-refractivity contribution >= 4 is 23.4 Å². The lowest BCUT2D eigenvalue weighted by Gasteiger charge is -2.10. The summed E-state index contributed by atoms with van der Waals surface area (Å²) in [5, 5.41) is 12.9. The first-order chi connectivity index (χ1) is 12.5. The van der Waals surface area contributed by atoms with Crippen molar-refractivity contribution in [1.82, 2.24) is 20.0 Å². The minimum atomic E-state index is -2.59. The first kappa shape index (κ1) is 17.8. The van der Waals surface area contributed by atoms with E-state index in [2.05, 4.69) is 20.6 Å². The summed E-state index contributed by atoms with van der Waals surface area (Å²) in [5.41, 5.74) is 0.678. The number of halogens is 2. The molecule has 3 aromatic rings. The SMILES string of the molecule is Cc1c(C(=O)Nc2ccccc2SC(F)F)cnn1-c1ccc(=O)[nH]n1. The van der Waals surface area contributed by atoms with Crippen LogP contribution in [0, 0.1) is 6.92 Å². The molecule has 2 heterocycles. The summed E-state index contributed by atoms with van der Waals surface area (Å²) >= 11 is 0.357. The molecular formula is C16H13F2N5O2S. The second kappa shape index (κ2) is 7.48. The first-order valence-electron chi connectivity index (χ1n) is 7.41. The molecule has 134 valence electrons. The molecule has 3 rings (SSSR count). The summed E-state index contributed by atoms with van der Waals surface area (Å²) in [7, 11) is 0. The summed E-state index contributed by atoms with van der Waals surface area (Å²) in [5.74, 6) is -2.74. The van der Waals surface area contributed by atoms with Gasteiger partial charge in [0.15, 0.2) is 5.82 Å². The van der Waals surface area contributed by atoms with Crippen molar-refractivity contribution in [2.75, 3.05) is 5.32 Å². The number of benzene rings is 1. The Morgan fingerprint density at radius 3 is 2.73 bits per heavy atom. The van der Waals surface area contributed by atoms with Crippen molar-refractivity contribution in [2.45, 2.75) is 17.6 Å². The van der Waals surface area contributed by atoms with Gasteiger partial charge in [-0.05, 0) is 25.1 Å². The molecule has 1 aromatic carbocycles. The van der Waals surface area contributed by atoms with Crippen molar-refractivity contribution in [1.29, 1.82) is 0 Å². The monoisotopic (exact) mass is 377 g/mol. The Bertz CT molecular complexity index is 982. The number of nitrogens with zero attached hydrogens (tertiary/aromatic N) is 3. The molecule has 0 bridgehead atoms. The van der Waals surface area contributed by atoms with Crippen molar-refractivity contribution < 1.29 is 13.6 Å². The summed E-state index contributed by atoms with van der Waals surface area (Å²) in [6.45, 7) is 1.66. The molecule has 1 amide bonds. The normalized spacial score (nSPS) is 10.9. The zero-order valence-corrected chi connectivity index (χ0v) is 14.3. The van der Waals surface area contributed by atoms with Gasteiger partial charge in [-0.25, -0.2) is 9.78 Å². The van der Waals surface area contributed by atoms with Crippen molar-refractivity contribution in [2.24, 2.45) is 0 Å². The highest BCUT2D eigenvalue weighted by atomic mass is 32.2. The summed E-state index contributed by atoms with van der Waals surface area (Å²) in [6, 6.07) is 9.08. The van der Waals surface area contributed by atoms with E-state index in [1.807, 2.05) is 0 Å². The minimum absolute atomic E-state index is 0.259. The van der Waals surface area contributed by atoms with E-state index in [0.29, 0.717) is 23.3 Å². The molecular weight excluding hydrogens is 364 g/mol. The number of carbonyl (C=O) groups is 1. The molecule has 0 spiro atoms. The van der Waals surface area contributed by atoms with Crippen LogP contribution in [0.5, 0.6) is 0 Å². The van der Waals surface area contributed by atoms with Crippen LogP contribution in [0.2, 0.25) is 0 Å². The zero-order chi connectivity index (χ0) is 18.7. The molecule has 10 heteroatoms. The van der Waals surface area contributed by atoms with E-state index in [1.54, 1.807) is 25.1 Å². The fraction of sp³-hybridized carbons (Fsp3) is 0.125. The number of anilines is 1. The van der Waals surface area contributed by atoms with Gasteiger partial charge in [0.05, 0.1) is 23.1 Å². The number of rotatable bonds is 5. The van der Waals surface area contributed by atoms with Crippen LogP contribution in [0.4, 0.5) is 14.5 Å². The number of para-hydroxylation sites is 1. The summed E-state index contributed by atoms with van der Waals surface area (Å²) in [6.07, 6.45) is 1.35. The Labute approximate surface area is 150 Å². The van der Waals surface area contributed by atoms with Crippen LogP contribution in [-0.4, -0.2) is 31.6 Å². The van der Waals surface area contributed by atoms with E-state index < -0.39 is 11.7 Å². The summed E-state index contributed by atoms with van der Waals surface area (Å²) < 4.78 is 26.7. The van der Waals surface area contributed by atoms with Gasteiger partial charge in [0.1, 0.15) is 0 Å². The molecule has 0 aliphatic heterocycles. The number of amides is 1. The van der Waals surface area contributed by atoms with Crippen LogP contribution in [0.25, 0.3) is 5.82 Å². The van der Waals surface area contributed by atoms with Gasteiger partial charge in [0, 0.05) is 11.0 Å². The van der Waals surface area contributed by atoms with E-state index in [9.17, 15) is 18.4 Å². The van der Waals surface area contributed by atoms with Crippen LogP contribution in [0.15, 0.2) is 52.3 Å². The quantitative estimate of drug-likeness (QED) is 0.667. The highest BCUT2D eigenvalue weighted by Crippen LogP contribution is 2.32. The molecule has 0 aliphatic rings. The predicted molar refractivity (Wildman–Crippen MR) is 93.0 cm³/mol. The lowest BCUT2D eigenvalue weighted by molar-refractivity contribution is 0.102. The molecule has 0 unspecified atom stereocenters. The van der Waals surface area contributed by atoms with Gasteiger partial charge in [-0.3, -0.25) is 9.59 Å². The van der Waals surface area contributed by atoms with E-state index >= 15 is 0 Å². The van der Waals surface area contributed by atoms with Gasteiger partial charge in [0.2, 0.25) is 0 Å². The van der Waals surface area contributed by atoms with Gasteiger partial charge < -0.3 is 5.32 Å². The van der Waals surface area contributed by atoms with Gasteiger partial charge in [-0.15, -0.1) is 0 Å². The third-order valence-corrected chi connectivity index (χ3v) is 4.28. The largest absolute Gasteiger partial charge is 0.321 e. The Morgan fingerprint density at radius 1 is 1.27 bits per heavy atom. The van der Waals surface area contributed by atoms with E-state index in [1.165, 1.54) is 29.1 Å².